The Labute approximate surface area is 117 Å². The highest BCUT2D eigenvalue weighted by molar-refractivity contribution is 5.84. The second kappa shape index (κ2) is 6.00. The average molecular weight is 277 g/mol. The molecule has 1 aromatic rings. The summed E-state index contributed by atoms with van der Waals surface area (Å²) in [7, 11) is 0. The normalized spacial score (nSPS) is 20.5. The van der Waals surface area contributed by atoms with Crippen molar-refractivity contribution in [1.29, 1.82) is 0 Å². The van der Waals surface area contributed by atoms with Crippen LogP contribution < -0.4 is 5.32 Å². The lowest BCUT2D eigenvalue weighted by Gasteiger charge is -2.35. The van der Waals surface area contributed by atoms with Gasteiger partial charge in [-0.1, -0.05) is 12.1 Å². The Morgan fingerprint density at radius 3 is 2.95 bits per heavy atom. The molecule has 1 saturated heterocycles. The van der Waals surface area contributed by atoms with Crippen molar-refractivity contribution in [2.45, 2.75) is 25.8 Å². The van der Waals surface area contributed by atoms with Crippen molar-refractivity contribution < 1.29 is 9.72 Å². The molecule has 2 atom stereocenters. The van der Waals surface area contributed by atoms with Gasteiger partial charge >= 0.3 is 0 Å². The number of nitrogens with one attached hydrogen (secondary N) is 1. The second-order valence-electron chi connectivity index (χ2n) is 5.16. The smallest absolute Gasteiger partial charge is 0.269 e. The minimum Gasteiger partial charge on any atom is -0.337 e. The van der Waals surface area contributed by atoms with E-state index < -0.39 is 4.92 Å². The zero-order valence-electron chi connectivity index (χ0n) is 11.7. The molecule has 0 radical (unpaired) electrons. The van der Waals surface area contributed by atoms with Crippen LogP contribution in [0.5, 0.6) is 0 Å². The third-order valence-corrected chi connectivity index (χ3v) is 3.74. The molecule has 1 heterocycles. The maximum Gasteiger partial charge on any atom is 0.269 e. The average Bonchev–Trinajstić information content (AvgIpc) is 2.46. The molecule has 1 aromatic carbocycles. The van der Waals surface area contributed by atoms with Crippen molar-refractivity contribution >= 4 is 11.6 Å². The van der Waals surface area contributed by atoms with E-state index in [4.69, 9.17) is 0 Å². The first-order chi connectivity index (χ1) is 9.50. The highest BCUT2D eigenvalue weighted by Crippen LogP contribution is 2.23. The largest absolute Gasteiger partial charge is 0.337 e. The van der Waals surface area contributed by atoms with Crippen LogP contribution in [0.25, 0.3) is 0 Å². The summed E-state index contributed by atoms with van der Waals surface area (Å²) in [5, 5.41) is 14.0. The number of nitrogens with zero attached hydrogens (tertiary/aromatic N) is 2. The predicted molar refractivity (Wildman–Crippen MR) is 75.6 cm³/mol. The van der Waals surface area contributed by atoms with Gasteiger partial charge in [0.25, 0.3) is 5.69 Å². The Bertz CT molecular complexity index is 518. The number of piperazine rings is 1. The van der Waals surface area contributed by atoms with Crippen LogP contribution in [0.2, 0.25) is 0 Å². The van der Waals surface area contributed by atoms with Gasteiger partial charge in [-0.25, -0.2) is 0 Å². The summed E-state index contributed by atoms with van der Waals surface area (Å²) in [6, 6.07) is 6.46. The Hall–Kier alpha value is -1.95. The number of benzene rings is 1. The lowest BCUT2D eigenvalue weighted by Crippen LogP contribution is -2.53. The van der Waals surface area contributed by atoms with Gasteiger partial charge in [0, 0.05) is 37.8 Å². The fourth-order valence-electron chi connectivity index (χ4n) is 2.47. The maximum absolute atomic E-state index is 12.5. The third kappa shape index (κ3) is 2.96. The minimum atomic E-state index is -0.436. The van der Waals surface area contributed by atoms with Crippen LogP contribution in [-0.4, -0.2) is 41.4 Å². The molecule has 20 heavy (non-hydrogen) atoms. The molecule has 0 saturated carbocycles. The number of carbonyl (C=O) groups excluding carboxylic acids is 1. The summed E-state index contributed by atoms with van der Waals surface area (Å²) in [6.45, 7) is 6.06. The molecule has 1 amide bonds. The van der Waals surface area contributed by atoms with Gasteiger partial charge < -0.3 is 10.2 Å². The lowest BCUT2D eigenvalue weighted by atomic mass is 9.98. The third-order valence-electron chi connectivity index (χ3n) is 3.74. The zero-order valence-corrected chi connectivity index (χ0v) is 11.7. The zero-order chi connectivity index (χ0) is 14.7. The number of amides is 1. The molecule has 6 nitrogen and oxygen atoms in total. The highest BCUT2D eigenvalue weighted by atomic mass is 16.6. The van der Waals surface area contributed by atoms with Gasteiger partial charge in [-0.05, 0) is 19.4 Å². The summed E-state index contributed by atoms with van der Waals surface area (Å²) in [5.74, 6) is -0.338. The quantitative estimate of drug-likeness (QED) is 0.671. The van der Waals surface area contributed by atoms with E-state index in [1.165, 1.54) is 12.1 Å². The van der Waals surface area contributed by atoms with Gasteiger partial charge in [0.1, 0.15) is 0 Å². The Balaban J connectivity index is 2.17. The van der Waals surface area contributed by atoms with E-state index in [2.05, 4.69) is 5.32 Å². The molecule has 108 valence electrons. The topological polar surface area (TPSA) is 75.5 Å². The van der Waals surface area contributed by atoms with Crippen LogP contribution in [0, 0.1) is 10.1 Å². The molecule has 0 bridgehead atoms. The first-order valence-corrected chi connectivity index (χ1v) is 6.76. The number of non-ortho nitro benzene ring substituents is 1. The SMILES string of the molecule is CC(C(=O)N1CCNC[C@H]1C)c1cccc([N+](=O)[O-])c1. The minimum absolute atomic E-state index is 0.0236. The summed E-state index contributed by atoms with van der Waals surface area (Å²) in [6.07, 6.45) is 0. The molecular weight excluding hydrogens is 258 g/mol. The fourth-order valence-corrected chi connectivity index (χ4v) is 2.47. The van der Waals surface area contributed by atoms with E-state index in [1.807, 2.05) is 11.8 Å². The molecule has 1 N–H and O–H groups in total. The summed E-state index contributed by atoms with van der Waals surface area (Å²) < 4.78 is 0. The van der Waals surface area contributed by atoms with E-state index in [9.17, 15) is 14.9 Å². The predicted octanol–water partition coefficient (Wildman–Crippen LogP) is 1.52. The molecule has 1 aliphatic rings. The molecule has 2 rings (SSSR count). The molecule has 0 aliphatic carbocycles. The number of nitro benzene ring substituents is 1. The highest BCUT2D eigenvalue weighted by Gasteiger charge is 2.28. The van der Waals surface area contributed by atoms with E-state index >= 15 is 0 Å². The number of hydrogen-bond donors (Lipinski definition) is 1. The van der Waals surface area contributed by atoms with Crippen molar-refractivity contribution in [1.82, 2.24) is 10.2 Å². The first kappa shape index (κ1) is 14.5. The van der Waals surface area contributed by atoms with Crippen molar-refractivity contribution in [2.75, 3.05) is 19.6 Å². The Morgan fingerprint density at radius 2 is 2.30 bits per heavy atom. The van der Waals surface area contributed by atoms with E-state index in [1.54, 1.807) is 19.1 Å². The van der Waals surface area contributed by atoms with Crippen molar-refractivity contribution in [3.8, 4) is 0 Å². The van der Waals surface area contributed by atoms with Gasteiger partial charge in [0.2, 0.25) is 5.91 Å². The maximum atomic E-state index is 12.5. The standard InChI is InChI=1S/C14H19N3O3/c1-10-9-15-6-7-16(10)14(18)11(2)12-4-3-5-13(8-12)17(19)20/h3-5,8,10-11,15H,6-7,9H2,1-2H3/t10-,11?/m1/s1. The van der Waals surface area contributed by atoms with Crippen LogP contribution in [0.1, 0.15) is 25.3 Å². The van der Waals surface area contributed by atoms with Crippen LogP contribution in [0.15, 0.2) is 24.3 Å². The monoisotopic (exact) mass is 277 g/mol. The Morgan fingerprint density at radius 1 is 1.55 bits per heavy atom. The van der Waals surface area contributed by atoms with Gasteiger partial charge in [-0.15, -0.1) is 0 Å². The van der Waals surface area contributed by atoms with Crippen molar-refractivity contribution in [3.63, 3.8) is 0 Å². The number of nitro groups is 1. The van der Waals surface area contributed by atoms with E-state index in [0.717, 1.165) is 13.1 Å². The molecule has 0 spiro atoms. The van der Waals surface area contributed by atoms with Crippen LogP contribution in [0.4, 0.5) is 5.69 Å². The van der Waals surface area contributed by atoms with Crippen LogP contribution >= 0.6 is 0 Å². The fraction of sp³-hybridized carbons (Fsp3) is 0.500. The number of rotatable bonds is 3. The summed E-state index contributed by atoms with van der Waals surface area (Å²) >= 11 is 0. The van der Waals surface area contributed by atoms with Gasteiger partial charge in [0.05, 0.1) is 10.8 Å². The molecule has 1 aliphatic heterocycles. The summed E-state index contributed by atoms with van der Waals surface area (Å²) in [4.78, 5) is 24.7. The first-order valence-electron chi connectivity index (χ1n) is 6.76. The number of hydrogen-bond acceptors (Lipinski definition) is 4. The van der Waals surface area contributed by atoms with Crippen molar-refractivity contribution in [2.24, 2.45) is 0 Å². The number of carbonyl (C=O) groups is 1. The van der Waals surface area contributed by atoms with Crippen molar-refractivity contribution in [3.05, 3.63) is 39.9 Å². The van der Waals surface area contributed by atoms with Crippen LogP contribution in [0.3, 0.4) is 0 Å². The Kier molecular flexibility index (Phi) is 4.34. The van der Waals surface area contributed by atoms with Gasteiger partial charge in [0.15, 0.2) is 0 Å². The molecule has 1 unspecified atom stereocenters. The van der Waals surface area contributed by atoms with Gasteiger partial charge in [-0.2, -0.15) is 0 Å². The molecule has 1 fully saturated rings. The molecule has 6 heteroatoms. The summed E-state index contributed by atoms with van der Waals surface area (Å²) in [5.41, 5.74) is 0.713. The van der Waals surface area contributed by atoms with E-state index in [0.29, 0.717) is 12.1 Å². The second-order valence-corrected chi connectivity index (χ2v) is 5.16. The molecule has 0 aromatic heterocycles. The molecular formula is C14H19N3O3. The lowest BCUT2D eigenvalue weighted by molar-refractivity contribution is -0.384. The van der Waals surface area contributed by atoms with E-state index in [-0.39, 0.29) is 23.6 Å². The van der Waals surface area contributed by atoms with Gasteiger partial charge in [-0.3, -0.25) is 14.9 Å². The van der Waals surface area contributed by atoms with Crippen LogP contribution in [-0.2, 0) is 4.79 Å².